The van der Waals surface area contributed by atoms with E-state index in [0.717, 1.165) is 25.4 Å². The summed E-state index contributed by atoms with van der Waals surface area (Å²) >= 11 is 0. The van der Waals surface area contributed by atoms with Gasteiger partial charge in [-0.1, -0.05) is 13.8 Å². The number of methoxy groups -OCH3 is 1. The lowest BCUT2D eigenvalue weighted by Gasteiger charge is -2.30. The van der Waals surface area contributed by atoms with E-state index < -0.39 is 0 Å². The Hall–Kier alpha value is -0.120. The molecule has 3 heteroatoms. The number of hydrogen-bond acceptors (Lipinski definition) is 3. The van der Waals surface area contributed by atoms with Crippen LogP contribution in [-0.4, -0.2) is 38.5 Å². The molecule has 0 saturated heterocycles. The average molecular weight is 257 g/mol. The van der Waals surface area contributed by atoms with E-state index in [1.54, 1.807) is 0 Å². The first kappa shape index (κ1) is 15.9. The normalized spacial score (nSPS) is 26.5. The summed E-state index contributed by atoms with van der Waals surface area (Å²) in [7, 11) is 1.81. The van der Waals surface area contributed by atoms with Gasteiger partial charge >= 0.3 is 0 Å². The SMILES string of the molecule is COC1CCCC(OC(C)CNCCC(C)C)C1. The lowest BCUT2D eigenvalue weighted by molar-refractivity contribution is -0.0580. The molecular formula is C15H31NO2. The Balaban J connectivity index is 2.09. The lowest BCUT2D eigenvalue weighted by atomic mass is 9.95. The van der Waals surface area contributed by atoms with E-state index in [9.17, 15) is 0 Å². The first-order chi connectivity index (χ1) is 8.61. The first-order valence-electron chi connectivity index (χ1n) is 7.50. The molecule has 108 valence electrons. The smallest absolute Gasteiger partial charge is 0.0675 e. The predicted molar refractivity (Wildman–Crippen MR) is 75.9 cm³/mol. The Morgan fingerprint density at radius 3 is 2.56 bits per heavy atom. The van der Waals surface area contributed by atoms with E-state index in [0.29, 0.717) is 18.3 Å². The molecule has 3 nitrogen and oxygen atoms in total. The van der Waals surface area contributed by atoms with Gasteiger partial charge in [-0.2, -0.15) is 0 Å². The van der Waals surface area contributed by atoms with Crippen LogP contribution in [0.4, 0.5) is 0 Å². The molecule has 1 aliphatic rings. The van der Waals surface area contributed by atoms with Crippen LogP contribution in [0, 0.1) is 5.92 Å². The summed E-state index contributed by atoms with van der Waals surface area (Å²) in [5.74, 6) is 0.773. The van der Waals surface area contributed by atoms with Crippen molar-refractivity contribution in [1.29, 1.82) is 0 Å². The molecule has 1 aliphatic carbocycles. The second-order valence-corrected chi connectivity index (χ2v) is 5.98. The zero-order valence-corrected chi connectivity index (χ0v) is 12.6. The molecular weight excluding hydrogens is 226 g/mol. The summed E-state index contributed by atoms with van der Waals surface area (Å²) in [5, 5.41) is 3.48. The zero-order chi connectivity index (χ0) is 13.4. The van der Waals surface area contributed by atoms with Crippen molar-refractivity contribution in [3.63, 3.8) is 0 Å². The molecule has 0 aliphatic heterocycles. The van der Waals surface area contributed by atoms with Gasteiger partial charge in [0, 0.05) is 13.7 Å². The molecule has 0 radical (unpaired) electrons. The highest BCUT2D eigenvalue weighted by atomic mass is 16.5. The molecule has 0 bridgehead atoms. The highest BCUT2D eigenvalue weighted by Crippen LogP contribution is 2.23. The molecule has 1 rings (SSSR count). The van der Waals surface area contributed by atoms with E-state index in [1.807, 2.05) is 7.11 Å². The van der Waals surface area contributed by atoms with Gasteiger partial charge in [0.2, 0.25) is 0 Å². The average Bonchev–Trinajstić information content (AvgIpc) is 2.34. The fourth-order valence-electron chi connectivity index (χ4n) is 2.51. The summed E-state index contributed by atoms with van der Waals surface area (Å²) < 4.78 is 11.5. The van der Waals surface area contributed by atoms with E-state index in [2.05, 4.69) is 26.1 Å². The predicted octanol–water partition coefficient (Wildman–Crippen LogP) is 2.98. The number of hydrogen-bond donors (Lipinski definition) is 1. The van der Waals surface area contributed by atoms with Gasteiger partial charge in [0.15, 0.2) is 0 Å². The van der Waals surface area contributed by atoms with Crippen LogP contribution >= 0.6 is 0 Å². The van der Waals surface area contributed by atoms with Gasteiger partial charge in [-0.15, -0.1) is 0 Å². The Morgan fingerprint density at radius 1 is 1.17 bits per heavy atom. The van der Waals surface area contributed by atoms with Gasteiger partial charge in [-0.05, 0) is 51.5 Å². The minimum absolute atomic E-state index is 0.303. The molecule has 0 aromatic rings. The van der Waals surface area contributed by atoms with Crippen molar-refractivity contribution in [3.05, 3.63) is 0 Å². The van der Waals surface area contributed by atoms with Gasteiger partial charge in [0.25, 0.3) is 0 Å². The van der Waals surface area contributed by atoms with E-state index in [4.69, 9.17) is 9.47 Å². The second kappa shape index (κ2) is 8.89. The fraction of sp³-hybridized carbons (Fsp3) is 1.00. The molecule has 3 atom stereocenters. The third-order valence-electron chi connectivity index (χ3n) is 3.67. The highest BCUT2D eigenvalue weighted by molar-refractivity contribution is 4.74. The molecule has 0 aromatic heterocycles. The van der Waals surface area contributed by atoms with Crippen molar-refractivity contribution in [2.75, 3.05) is 20.2 Å². The molecule has 1 saturated carbocycles. The van der Waals surface area contributed by atoms with E-state index >= 15 is 0 Å². The number of ether oxygens (including phenoxy) is 2. The first-order valence-corrected chi connectivity index (χ1v) is 7.50. The van der Waals surface area contributed by atoms with Crippen LogP contribution in [0.1, 0.15) is 52.9 Å². The molecule has 0 amide bonds. The summed E-state index contributed by atoms with van der Waals surface area (Å²) in [6.45, 7) is 8.74. The van der Waals surface area contributed by atoms with Crippen molar-refractivity contribution < 1.29 is 9.47 Å². The molecule has 1 N–H and O–H groups in total. The van der Waals surface area contributed by atoms with Gasteiger partial charge in [-0.25, -0.2) is 0 Å². The lowest BCUT2D eigenvalue weighted by Crippen LogP contribution is -2.34. The number of rotatable bonds is 8. The van der Waals surface area contributed by atoms with Crippen molar-refractivity contribution in [2.24, 2.45) is 5.92 Å². The van der Waals surface area contributed by atoms with Gasteiger partial charge in [0.1, 0.15) is 0 Å². The van der Waals surface area contributed by atoms with Crippen molar-refractivity contribution in [2.45, 2.75) is 71.2 Å². The summed E-state index contributed by atoms with van der Waals surface area (Å²) in [6.07, 6.45) is 7.02. The summed E-state index contributed by atoms with van der Waals surface area (Å²) in [5.41, 5.74) is 0. The minimum atomic E-state index is 0.303. The van der Waals surface area contributed by atoms with Gasteiger partial charge in [-0.3, -0.25) is 0 Å². The third-order valence-corrected chi connectivity index (χ3v) is 3.67. The molecule has 3 unspecified atom stereocenters. The molecule has 0 aromatic carbocycles. The Bertz CT molecular complexity index is 209. The van der Waals surface area contributed by atoms with Crippen molar-refractivity contribution >= 4 is 0 Å². The maximum absolute atomic E-state index is 6.09. The van der Waals surface area contributed by atoms with E-state index in [-0.39, 0.29) is 0 Å². The summed E-state index contributed by atoms with van der Waals surface area (Å²) in [6, 6.07) is 0. The van der Waals surface area contributed by atoms with Crippen molar-refractivity contribution in [1.82, 2.24) is 5.32 Å². The standard InChI is InChI=1S/C15H31NO2/c1-12(2)8-9-16-11-13(3)18-15-7-5-6-14(10-15)17-4/h12-16H,5-11H2,1-4H3. The van der Waals surface area contributed by atoms with Gasteiger partial charge in [0.05, 0.1) is 18.3 Å². The van der Waals surface area contributed by atoms with Crippen LogP contribution in [0.25, 0.3) is 0 Å². The van der Waals surface area contributed by atoms with E-state index in [1.165, 1.54) is 25.7 Å². The zero-order valence-electron chi connectivity index (χ0n) is 12.6. The fourth-order valence-corrected chi connectivity index (χ4v) is 2.51. The van der Waals surface area contributed by atoms with Crippen LogP contribution < -0.4 is 5.32 Å². The Kier molecular flexibility index (Phi) is 7.87. The second-order valence-electron chi connectivity index (χ2n) is 5.98. The van der Waals surface area contributed by atoms with Crippen molar-refractivity contribution in [3.8, 4) is 0 Å². The maximum Gasteiger partial charge on any atom is 0.0675 e. The molecule has 0 heterocycles. The highest BCUT2D eigenvalue weighted by Gasteiger charge is 2.23. The van der Waals surface area contributed by atoms with Gasteiger partial charge < -0.3 is 14.8 Å². The summed E-state index contributed by atoms with van der Waals surface area (Å²) in [4.78, 5) is 0. The topological polar surface area (TPSA) is 30.5 Å². The van der Waals surface area contributed by atoms with Crippen LogP contribution in [0.2, 0.25) is 0 Å². The largest absolute Gasteiger partial charge is 0.381 e. The minimum Gasteiger partial charge on any atom is -0.381 e. The monoisotopic (exact) mass is 257 g/mol. The van der Waals surface area contributed by atoms with Crippen LogP contribution in [0.3, 0.4) is 0 Å². The van der Waals surface area contributed by atoms with Crippen LogP contribution in [-0.2, 0) is 9.47 Å². The number of nitrogens with one attached hydrogen (secondary N) is 1. The Morgan fingerprint density at radius 2 is 1.89 bits per heavy atom. The maximum atomic E-state index is 6.09. The molecule has 1 fully saturated rings. The molecule has 18 heavy (non-hydrogen) atoms. The quantitative estimate of drug-likeness (QED) is 0.678. The van der Waals surface area contributed by atoms with Crippen LogP contribution in [0.5, 0.6) is 0 Å². The van der Waals surface area contributed by atoms with Crippen LogP contribution in [0.15, 0.2) is 0 Å². The third kappa shape index (κ3) is 6.72. The Labute approximate surface area is 113 Å². The molecule has 0 spiro atoms.